The Bertz CT molecular complexity index is 543. The maximum Gasteiger partial charge on any atom is 0.290 e. The summed E-state index contributed by atoms with van der Waals surface area (Å²) in [4.78, 5) is 14.7. The number of aliphatic hydroxyl groups is 1. The van der Waals surface area contributed by atoms with E-state index in [-0.39, 0.29) is 6.47 Å². The smallest absolute Gasteiger partial charge is 0.290 e. The van der Waals surface area contributed by atoms with E-state index < -0.39 is 6.10 Å². The summed E-state index contributed by atoms with van der Waals surface area (Å²) in [6.45, 7) is 1.44. The van der Waals surface area contributed by atoms with Crippen molar-refractivity contribution >= 4 is 6.47 Å². The number of nitrogens with zero attached hydrogens (tertiary/aromatic N) is 3. The second kappa shape index (κ2) is 9.70. The van der Waals surface area contributed by atoms with Crippen LogP contribution in [0.2, 0.25) is 0 Å². The lowest BCUT2D eigenvalue weighted by Gasteiger charge is -2.19. The fraction of sp³-hybridized carbons (Fsp3) is 0.375. The van der Waals surface area contributed by atoms with E-state index >= 15 is 0 Å². The van der Waals surface area contributed by atoms with E-state index in [1.54, 1.807) is 0 Å². The lowest BCUT2D eigenvalue weighted by molar-refractivity contribution is -0.122. The van der Waals surface area contributed by atoms with Crippen LogP contribution in [0.5, 0.6) is 0 Å². The predicted octanol–water partition coefficient (Wildman–Crippen LogP) is 1.68. The van der Waals surface area contributed by atoms with Crippen molar-refractivity contribution in [2.45, 2.75) is 19.1 Å². The number of aromatic nitrogens is 2. The Hall–Kier alpha value is -2.18. The van der Waals surface area contributed by atoms with Gasteiger partial charge in [-0.2, -0.15) is 0 Å². The van der Waals surface area contributed by atoms with Crippen molar-refractivity contribution in [1.82, 2.24) is 14.5 Å². The van der Waals surface area contributed by atoms with E-state index in [1.807, 2.05) is 54.5 Å². The van der Waals surface area contributed by atoms with Gasteiger partial charge in [0.25, 0.3) is 6.47 Å². The molecule has 120 valence electrons. The van der Waals surface area contributed by atoms with Crippen LogP contribution in [0.15, 0.2) is 42.9 Å². The molecule has 6 nitrogen and oxygen atoms in total. The molecule has 2 aromatic rings. The lowest BCUT2D eigenvalue weighted by atomic mass is 10.1. The first-order valence-corrected chi connectivity index (χ1v) is 7.03. The topological polar surface area (TPSA) is 78.6 Å². The van der Waals surface area contributed by atoms with Crippen molar-refractivity contribution in [3.8, 4) is 0 Å². The first-order valence-electron chi connectivity index (χ1n) is 7.03. The average Bonchev–Trinajstić information content (AvgIpc) is 2.92. The molecule has 0 spiro atoms. The number of benzene rings is 1. The van der Waals surface area contributed by atoms with Crippen LogP contribution in [-0.2, 0) is 18.4 Å². The van der Waals surface area contributed by atoms with Crippen LogP contribution < -0.4 is 0 Å². The molecule has 1 aromatic heterocycles. The number of imidazole rings is 1. The molecule has 0 saturated heterocycles. The van der Waals surface area contributed by atoms with Crippen molar-refractivity contribution in [1.29, 1.82) is 0 Å². The normalized spacial score (nSPS) is 11.6. The second-order valence-electron chi connectivity index (χ2n) is 5.05. The van der Waals surface area contributed by atoms with Crippen LogP contribution in [0.3, 0.4) is 0 Å². The van der Waals surface area contributed by atoms with Gasteiger partial charge < -0.3 is 19.7 Å². The van der Waals surface area contributed by atoms with Crippen molar-refractivity contribution in [2.24, 2.45) is 7.05 Å². The highest BCUT2D eigenvalue weighted by Crippen LogP contribution is 2.16. The molecule has 2 N–H and O–H groups in total. The van der Waals surface area contributed by atoms with Crippen molar-refractivity contribution < 1.29 is 15.0 Å². The fourth-order valence-electron chi connectivity index (χ4n) is 2.08. The molecule has 1 unspecified atom stereocenters. The molecule has 0 aliphatic heterocycles. The molecule has 0 saturated carbocycles. The SMILES string of the molecule is CN(CCC(O)c1ccccc1)Cc1cncn1C.O=CO. The van der Waals surface area contributed by atoms with Gasteiger partial charge in [0.2, 0.25) is 0 Å². The third-order valence-electron chi connectivity index (χ3n) is 3.32. The fourth-order valence-corrected chi connectivity index (χ4v) is 2.08. The molecule has 1 aromatic carbocycles. The molecule has 1 heterocycles. The number of rotatable bonds is 6. The van der Waals surface area contributed by atoms with Crippen LogP contribution in [0.4, 0.5) is 0 Å². The van der Waals surface area contributed by atoms with Crippen molar-refractivity contribution in [2.75, 3.05) is 13.6 Å². The Morgan fingerprint density at radius 1 is 1.36 bits per heavy atom. The Morgan fingerprint density at radius 3 is 2.55 bits per heavy atom. The Balaban J connectivity index is 0.000000745. The summed E-state index contributed by atoms with van der Waals surface area (Å²) in [5.41, 5.74) is 2.16. The van der Waals surface area contributed by atoms with Crippen molar-refractivity contribution in [3.05, 3.63) is 54.1 Å². The summed E-state index contributed by atoms with van der Waals surface area (Å²) < 4.78 is 2.02. The van der Waals surface area contributed by atoms with Gasteiger partial charge in [-0.3, -0.25) is 4.79 Å². The predicted molar refractivity (Wildman–Crippen MR) is 84.3 cm³/mol. The highest BCUT2D eigenvalue weighted by molar-refractivity contribution is 5.32. The van der Waals surface area contributed by atoms with Crippen LogP contribution in [0.25, 0.3) is 0 Å². The summed E-state index contributed by atoms with van der Waals surface area (Å²) in [6.07, 6.45) is 4.03. The van der Waals surface area contributed by atoms with Gasteiger partial charge in [-0.15, -0.1) is 0 Å². The molecule has 0 radical (unpaired) electrons. The average molecular weight is 305 g/mol. The van der Waals surface area contributed by atoms with Gasteiger partial charge in [0, 0.05) is 26.3 Å². The molecular formula is C16H23N3O3. The van der Waals surface area contributed by atoms with Gasteiger partial charge >= 0.3 is 0 Å². The number of aliphatic hydroxyl groups excluding tert-OH is 1. The number of hydrogen-bond donors (Lipinski definition) is 2. The van der Waals surface area contributed by atoms with E-state index in [2.05, 4.69) is 16.9 Å². The Labute approximate surface area is 130 Å². The first kappa shape index (κ1) is 17.9. The minimum Gasteiger partial charge on any atom is -0.483 e. The number of hydrogen-bond acceptors (Lipinski definition) is 4. The van der Waals surface area contributed by atoms with Crippen molar-refractivity contribution in [3.63, 3.8) is 0 Å². The molecule has 0 fully saturated rings. The minimum absolute atomic E-state index is 0.250. The highest BCUT2D eigenvalue weighted by atomic mass is 16.3. The summed E-state index contributed by atoms with van der Waals surface area (Å²) in [5.74, 6) is 0. The molecule has 0 aliphatic rings. The number of aryl methyl sites for hydroxylation is 1. The maximum absolute atomic E-state index is 10.1. The molecule has 22 heavy (non-hydrogen) atoms. The third-order valence-corrected chi connectivity index (χ3v) is 3.32. The van der Waals surface area contributed by atoms with Gasteiger partial charge in [-0.05, 0) is 19.0 Å². The summed E-state index contributed by atoms with van der Waals surface area (Å²) in [7, 11) is 4.06. The highest BCUT2D eigenvalue weighted by Gasteiger charge is 2.09. The molecule has 0 amide bonds. The van der Waals surface area contributed by atoms with E-state index in [4.69, 9.17) is 9.90 Å². The zero-order chi connectivity index (χ0) is 16.4. The maximum atomic E-state index is 10.1. The van der Waals surface area contributed by atoms with E-state index in [0.717, 1.165) is 25.1 Å². The second-order valence-corrected chi connectivity index (χ2v) is 5.05. The van der Waals surface area contributed by atoms with Gasteiger partial charge in [0.05, 0.1) is 18.1 Å². The van der Waals surface area contributed by atoms with Gasteiger partial charge in [-0.1, -0.05) is 30.3 Å². The number of carboxylic acid groups (broad SMARTS) is 1. The standard InChI is InChI=1S/C15H21N3O.CH2O2/c1-17(11-14-10-16-12-18(14)2)9-8-15(19)13-6-4-3-5-7-13;2-1-3/h3-7,10,12,15,19H,8-9,11H2,1-2H3;1H,(H,2,3). The van der Waals surface area contributed by atoms with Gasteiger partial charge in [0.1, 0.15) is 0 Å². The summed E-state index contributed by atoms with van der Waals surface area (Å²) >= 11 is 0. The Morgan fingerprint density at radius 2 is 2.00 bits per heavy atom. The third kappa shape index (κ3) is 6.07. The molecule has 1 atom stereocenters. The molecule has 0 aliphatic carbocycles. The largest absolute Gasteiger partial charge is 0.483 e. The van der Waals surface area contributed by atoms with Gasteiger partial charge in [0.15, 0.2) is 0 Å². The minimum atomic E-state index is -0.393. The van der Waals surface area contributed by atoms with E-state index in [9.17, 15) is 5.11 Å². The molecular weight excluding hydrogens is 282 g/mol. The summed E-state index contributed by atoms with van der Waals surface area (Å²) in [5, 5.41) is 17.0. The molecule has 6 heteroatoms. The monoisotopic (exact) mass is 305 g/mol. The first-order chi connectivity index (χ1) is 10.6. The lowest BCUT2D eigenvalue weighted by Crippen LogP contribution is -2.22. The van der Waals surface area contributed by atoms with E-state index in [0.29, 0.717) is 0 Å². The zero-order valence-electron chi connectivity index (χ0n) is 13.0. The van der Waals surface area contributed by atoms with Crippen LogP contribution in [0, 0.1) is 0 Å². The Kier molecular flexibility index (Phi) is 7.88. The van der Waals surface area contributed by atoms with E-state index in [1.165, 1.54) is 5.69 Å². The quantitative estimate of drug-likeness (QED) is 0.794. The summed E-state index contributed by atoms with van der Waals surface area (Å²) in [6, 6.07) is 9.80. The number of carbonyl (C=O) groups is 1. The van der Waals surface area contributed by atoms with Crippen LogP contribution in [0.1, 0.15) is 23.8 Å². The molecule has 2 rings (SSSR count). The van der Waals surface area contributed by atoms with Crippen LogP contribution in [-0.4, -0.2) is 44.7 Å². The molecule has 0 bridgehead atoms. The zero-order valence-corrected chi connectivity index (χ0v) is 13.0. The van der Waals surface area contributed by atoms with Crippen LogP contribution >= 0.6 is 0 Å². The van der Waals surface area contributed by atoms with Gasteiger partial charge in [-0.25, -0.2) is 4.98 Å².